The zero-order valence-corrected chi connectivity index (χ0v) is 21.3. The maximum absolute atomic E-state index is 13.6. The number of methoxy groups -OCH3 is 2. The molecule has 1 N–H and O–H groups in total. The van der Waals surface area contributed by atoms with E-state index >= 15 is 0 Å². The van der Waals surface area contributed by atoms with Gasteiger partial charge in [-0.25, -0.2) is 8.42 Å². The summed E-state index contributed by atoms with van der Waals surface area (Å²) < 4.78 is 37.1. The van der Waals surface area contributed by atoms with Crippen molar-refractivity contribution in [3.63, 3.8) is 0 Å². The number of hydrogen-bond acceptors (Lipinski definition) is 6. The van der Waals surface area contributed by atoms with Crippen molar-refractivity contribution < 1.29 is 27.5 Å². The summed E-state index contributed by atoms with van der Waals surface area (Å²) in [5.74, 6) is -0.183. The normalized spacial score (nSPS) is 11.9. The Bertz CT molecular complexity index is 1120. The highest BCUT2D eigenvalue weighted by Crippen LogP contribution is 2.34. The van der Waals surface area contributed by atoms with E-state index < -0.39 is 28.5 Å². The molecule has 0 spiro atoms. The van der Waals surface area contributed by atoms with Crippen LogP contribution in [0.1, 0.15) is 25.0 Å². The van der Waals surface area contributed by atoms with Gasteiger partial charge in [0.25, 0.3) is 0 Å². The fourth-order valence-corrected chi connectivity index (χ4v) is 4.31. The van der Waals surface area contributed by atoms with Crippen LogP contribution in [-0.4, -0.2) is 64.7 Å². The molecule has 0 bridgehead atoms. The van der Waals surface area contributed by atoms with E-state index in [1.165, 1.54) is 25.2 Å². The minimum Gasteiger partial charge on any atom is -0.497 e. The molecule has 0 radical (unpaired) electrons. The number of anilines is 1. The lowest BCUT2D eigenvalue weighted by atomic mass is 10.1. The van der Waals surface area contributed by atoms with Gasteiger partial charge in [0.15, 0.2) is 0 Å². The predicted molar refractivity (Wildman–Crippen MR) is 132 cm³/mol. The Labute approximate surface area is 201 Å². The molecule has 0 aliphatic rings. The minimum atomic E-state index is -3.89. The lowest BCUT2D eigenvalue weighted by Crippen LogP contribution is -2.51. The number of ether oxygens (including phenoxy) is 2. The number of rotatable bonds is 11. The molecule has 2 aromatic carbocycles. The SMILES string of the molecule is CCNC(=O)[C@@H](C)N(Cc1ccccc1C)C(=O)CN(c1cc(OC)ccc1OC)S(C)(=O)=O. The Hall–Kier alpha value is -3.27. The number of nitrogens with zero attached hydrogens (tertiary/aromatic N) is 2. The van der Waals surface area contributed by atoms with Gasteiger partial charge >= 0.3 is 0 Å². The van der Waals surface area contributed by atoms with Crippen LogP contribution in [0.15, 0.2) is 42.5 Å². The number of hydrogen-bond donors (Lipinski definition) is 1. The molecule has 2 amide bonds. The molecule has 0 saturated heterocycles. The van der Waals surface area contributed by atoms with Gasteiger partial charge in [0.05, 0.1) is 26.2 Å². The second-order valence-electron chi connectivity index (χ2n) is 7.83. The van der Waals surface area contributed by atoms with E-state index in [1.807, 2.05) is 31.2 Å². The third kappa shape index (κ3) is 6.63. The Balaban J connectivity index is 2.49. The Morgan fingerprint density at radius 3 is 2.32 bits per heavy atom. The van der Waals surface area contributed by atoms with E-state index in [0.717, 1.165) is 21.7 Å². The van der Waals surface area contributed by atoms with Crippen molar-refractivity contribution in [3.8, 4) is 11.5 Å². The highest BCUT2D eigenvalue weighted by molar-refractivity contribution is 7.92. The molecular weight excluding hydrogens is 458 g/mol. The third-order valence-corrected chi connectivity index (χ3v) is 6.58. The molecule has 0 saturated carbocycles. The third-order valence-electron chi connectivity index (χ3n) is 5.45. The first-order chi connectivity index (χ1) is 16.0. The van der Waals surface area contributed by atoms with Crippen LogP contribution in [0.5, 0.6) is 11.5 Å². The molecule has 186 valence electrons. The number of sulfonamides is 1. The summed E-state index contributed by atoms with van der Waals surface area (Å²) in [7, 11) is -1.02. The molecule has 34 heavy (non-hydrogen) atoms. The van der Waals surface area contributed by atoms with Crippen molar-refractivity contribution in [3.05, 3.63) is 53.6 Å². The summed E-state index contributed by atoms with van der Waals surface area (Å²) in [4.78, 5) is 27.6. The lowest BCUT2D eigenvalue weighted by Gasteiger charge is -2.32. The second kappa shape index (κ2) is 11.7. The molecule has 10 heteroatoms. The highest BCUT2D eigenvalue weighted by atomic mass is 32.2. The first kappa shape index (κ1) is 27.0. The average molecular weight is 492 g/mol. The Morgan fingerprint density at radius 1 is 1.09 bits per heavy atom. The van der Waals surface area contributed by atoms with Crippen molar-refractivity contribution in [2.45, 2.75) is 33.4 Å². The number of likely N-dealkylation sites (N-methyl/N-ethyl adjacent to an activating group) is 1. The number of benzene rings is 2. The first-order valence-electron chi connectivity index (χ1n) is 10.8. The van der Waals surface area contributed by atoms with Crippen LogP contribution in [-0.2, 0) is 26.2 Å². The van der Waals surface area contributed by atoms with E-state index in [1.54, 1.807) is 26.0 Å². The van der Waals surface area contributed by atoms with Crippen molar-refractivity contribution >= 4 is 27.5 Å². The number of carbonyl (C=O) groups is 2. The van der Waals surface area contributed by atoms with E-state index in [4.69, 9.17) is 9.47 Å². The van der Waals surface area contributed by atoms with Gasteiger partial charge in [-0.3, -0.25) is 13.9 Å². The number of nitrogens with one attached hydrogen (secondary N) is 1. The molecule has 0 aromatic heterocycles. The maximum atomic E-state index is 13.6. The quantitative estimate of drug-likeness (QED) is 0.517. The minimum absolute atomic E-state index is 0.149. The van der Waals surface area contributed by atoms with Crippen LogP contribution in [0.4, 0.5) is 5.69 Å². The zero-order chi connectivity index (χ0) is 25.5. The highest BCUT2D eigenvalue weighted by Gasteiger charge is 2.31. The van der Waals surface area contributed by atoms with Crippen LogP contribution in [0.2, 0.25) is 0 Å². The van der Waals surface area contributed by atoms with Crippen LogP contribution < -0.4 is 19.1 Å². The molecule has 9 nitrogen and oxygen atoms in total. The summed E-state index contributed by atoms with van der Waals surface area (Å²) in [5.41, 5.74) is 1.98. The van der Waals surface area contributed by atoms with Gasteiger partial charge in [0, 0.05) is 19.2 Å². The van der Waals surface area contributed by atoms with E-state index in [9.17, 15) is 18.0 Å². The fraction of sp³-hybridized carbons (Fsp3) is 0.417. The Kier molecular flexibility index (Phi) is 9.31. The van der Waals surface area contributed by atoms with E-state index in [0.29, 0.717) is 12.3 Å². The maximum Gasteiger partial charge on any atom is 0.244 e. The van der Waals surface area contributed by atoms with Crippen molar-refractivity contribution in [2.75, 3.05) is 37.9 Å². The fourth-order valence-electron chi connectivity index (χ4n) is 3.46. The summed E-state index contributed by atoms with van der Waals surface area (Å²) in [5, 5.41) is 2.73. The van der Waals surface area contributed by atoms with E-state index in [-0.39, 0.29) is 23.9 Å². The van der Waals surface area contributed by atoms with Gasteiger partial charge in [-0.05, 0) is 44.0 Å². The van der Waals surface area contributed by atoms with Gasteiger partial charge in [0.1, 0.15) is 24.1 Å². The van der Waals surface area contributed by atoms with Crippen LogP contribution in [0.3, 0.4) is 0 Å². The van der Waals surface area contributed by atoms with Crippen molar-refractivity contribution in [1.29, 1.82) is 0 Å². The van der Waals surface area contributed by atoms with E-state index in [2.05, 4.69) is 5.32 Å². The summed E-state index contributed by atoms with van der Waals surface area (Å²) in [6.45, 7) is 5.37. The average Bonchev–Trinajstić information content (AvgIpc) is 2.80. The lowest BCUT2D eigenvalue weighted by molar-refractivity contribution is -0.139. The molecule has 0 fully saturated rings. The number of amides is 2. The monoisotopic (exact) mass is 491 g/mol. The van der Waals surface area contributed by atoms with Gasteiger partial charge in [-0.2, -0.15) is 0 Å². The topological polar surface area (TPSA) is 105 Å². The summed E-state index contributed by atoms with van der Waals surface area (Å²) in [6, 6.07) is 11.4. The van der Waals surface area contributed by atoms with Gasteiger partial charge < -0.3 is 19.7 Å². The largest absolute Gasteiger partial charge is 0.497 e. The number of carbonyl (C=O) groups excluding carboxylic acids is 2. The summed E-state index contributed by atoms with van der Waals surface area (Å²) in [6.07, 6.45) is 1.01. The van der Waals surface area contributed by atoms with Gasteiger partial charge in [0.2, 0.25) is 21.8 Å². The second-order valence-corrected chi connectivity index (χ2v) is 9.73. The predicted octanol–water partition coefficient (Wildman–Crippen LogP) is 2.33. The van der Waals surface area contributed by atoms with Crippen LogP contribution in [0, 0.1) is 6.92 Å². The van der Waals surface area contributed by atoms with Gasteiger partial charge in [-0.15, -0.1) is 0 Å². The number of aryl methyl sites for hydroxylation is 1. The van der Waals surface area contributed by atoms with Crippen LogP contribution >= 0.6 is 0 Å². The van der Waals surface area contributed by atoms with Crippen LogP contribution in [0.25, 0.3) is 0 Å². The molecule has 1 atom stereocenters. The summed E-state index contributed by atoms with van der Waals surface area (Å²) >= 11 is 0. The van der Waals surface area contributed by atoms with Crippen molar-refractivity contribution in [1.82, 2.24) is 10.2 Å². The molecular formula is C24H33N3O6S. The zero-order valence-electron chi connectivity index (χ0n) is 20.5. The first-order valence-corrected chi connectivity index (χ1v) is 12.7. The van der Waals surface area contributed by atoms with Crippen molar-refractivity contribution in [2.24, 2.45) is 0 Å². The molecule has 0 heterocycles. The molecule has 2 rings (SSSR count). The molecule has 0 aliphatic heterocycles. The standard InChI is InChI=1S/C24H33N3O6S/c1-7-25-24(29)18(3)26(15-19-11-9-8-10-17(19)2)23(28)16-27(34(6,30)31)21-14-20(32-4)12-13-22(21)33-5/h8-14,18H,7,15-16H2,1-6H3,(H,25,29)/t18-/m1/s1. The Morgan fingerprint density at radius 2 is 1.76 bits per heavy atom. The molecule has 2 aromatic rings. The molecule has 0 unspecified atom stereocenters. The smallest absolute Gasteiger partial charge is 0.244 e. The molecule has 0 aliphatic carbocycles. The van der Waals surface area contributed by atoms with Gasteiger partial charge in [-0.1, -0.05) is 24.3 Å².